The van der Waals surface area contributed by atoms with Crippen molar-refractivity contribution in [3.63, 3.8) is 0 Å². The molecule has 1 saturated heterocycles. The fourth-order valence-corrected chi connectivity index (χ4v) is 6.25. The Morgan fingerprint density at radius 3 is 2.45 bits per heavy atom. The van der Waals surface area contributed by atoms with E-state index >= 15 is 4.39 Å². The molecule has 51 heavy (non-hydrogen) atoms. The maximum Gasteiger partial charge on any atom is 0.306 e. The monoisotopic (exact) mass is 701 g/mol. The van der Waals surface area contributed by atoms with Gasteiger partial charge in [0, 0.05) is 62.9 Å². The lowest BCUT2D eigenvalue weighted by molar-refractivity contribution is -0.155. The molecule has 0 unspecified atom stereocenters. The molecule has 2 amide bonds. The van der Waals surface area contributed by atoms with Crippen molar-refractivity contribution in [1.29, 1.82) is 0 Å². The van der Waals surface area contributed by atoms with Crippen molar-refractivity contribution in [2.45, 2.75) is 65.0 Å². The Bertz CT molecular complexity index is 1800. The van der Waals surface area contributed by atoms with E-state index in [0.29, 0.717) is 40.4 Å². The third-order valence-corrected chi connectivity index (χ3v) is 8.72. The van der Waals surface area contributed by atoms with E-state index in [0.717, 1.165) is 37.4 Å². The molecule has 12 nitrogen and oxygen atoms in total. The number of amides is 2. The van der Waals surface area contributed by atoms with Gasteiger partial charge in [-0.1, -0.05) is 24.3 Å². The van der Waals surface area contributed by atoms with E-state index in [1.54, 1.807) is 64.3 Å². The van der Waals surface area contributed by atoms with Gasteiger partial charge in [-0.25, -0.2) is 9.24 Å². The first-order valence-corrected chi connectivity index (χ1v) is 16.8. The average Bonchev–Trinajstić information content (AvgIpc) is 3.42. The second-order valence-corrected chi connectivity index (χ2v) is 13.6. The van der Waals surface area contributed by atoms with Crippen molar-refractivity contribution < 1.29 is 37.7 Å². The van der Waals surface area contributed by atoms with Gasteiger partial charge >= 0.3 is 5.97 Å². The number of halogens is 1. The zero-order valence-corrected chi connectivity index (χ0v) is 29.4. The van der Waals surface area contributed by atoms with Crippen LogP contribution in [0.1, 0.15) is 60.7 Å². The predicted octanol–water partition coefficient (Wildman–Crippen LogP) is 5.19. The molecule has 0 saturated carbocycles. The van der Waals surface area contributed by atoms with Crippen LogP contribution in [0.15, 0.2) is 54.6 Å². The molecule has 5 rings (SSSR count). The standard InChI is InChI=1S/C38H44FN5O7/c1-38(2,3)51-35(45)14-13-32(36(40)46)44-22-29-28(37(44)47)7-6-8-33(29)49-23-26-10-9-25(19-30(26)39)21-42-15-17-43(18-16-42)31-12-11-27(41-4)20-34(31)50-24-48-5/h6-12,19-20,32H,13-18,21-24H2,1-3,5H3,(H2,40,46)/t32-/m0/s1. The SMILES string of the molecule is [C-]#[N+]c1ccc(N2CCN(Cc3ccc(COc4cccc5c4CN([C@@H](CCC(=O)OC(C)(C)C)C(N)=O)C5=O)c(F)c3)CC2)c(OCOC)c1. The molecule has 1 fully saturated rings. The van der Waals surface area contributed by atoms with E-state index in [4.69, 9.17) is 31.3 Å². The average molecular weight is 702 g/mol. The molecule has 0 bridgehead atoms. The highest BCUT2D eigenvalue weighted by Crippen LogP contribution is 2.35. The summed E-state index contributed by atoms with van der Waals surface area (Å²) in [5.41, 5.74) is 8.52. The van der Waals surface area contributed by atoms with Crippen LogP contribution in [-0.4, -0.2) is 79.3 Å². The largest absolute Gasteiger partial charge is 0.488 e. The highest BCUT2D eigenvalue weighted by atomic mass is 19.1. The first kappa shape index (κ1) is 37.1. The minimum Gasteiger partial charge on any atom is -0.488 e. The lowest BCUT2D eigenvalue weighted by atomic mass is 10.1. The molecule has 13 heteroatoms. The van der Waals surface area contributed by atoms with Gasteiger partial charge in [-0.2, -0.15) is 0 Å². The van der Waals surface area contributed by atoms with Crippen molar-refractivity contribution in [1.82, 2.24) is 9.80 Å². The number of hydrogen-bond acceptors (Lipinski definition) is 9. The highest BCUT2D eigenvalue weighted by molar-refractivity contribution is 6.01. The second-order valence-electron chi connectivity index (χ2n) is 13.6. The van der Waals surface area contributed by atoms with E-state index < -0.39 is 35.2 Å². The normalized spacial score (nSPS) is 15.3. The smallest absolute Gasteiger partial charge is 0.306 e. The lowest BCUT2D eigenvalue weighted by Crippen LogP contribution is -2.46. The van der Waals surface area contributed by atoms with Gasteiger partial charge in [0.15, 0.2) is 12.5 Å². The summed E-state index contributed by atoms with van der Waals surface area (Å²) >= 11 is 0. The predicted molar refractivity (Wildman–Crippen MR) is 188 cm³/mol. The van der Waals surface area contributed by atoms with Crippen LogP contribution in [0.2, 0.25) is 0 Å². The third-order valence-electron chi connectivity index (χ3n) is 8.72. The molecule has 0 radical (unpaired) electrons. The fraction of sp³-hybridized carbons (Fsp3) is 0.421. The van der Waals surface area contributed by atoms with Crippen LogP contribution in [0.3, 0.4) is 0 Å². The number of carbonyl (C=O) groups excluding carboxylic acids is 3. The van der Waals surface area contributed by atoms with E-state index in [1.165, 1.54) is 11.0 Å². The van der Waals surface area contributed by atoms with Gasteiger partial charge in [0.1, 0.15) is 35.6 Å². The summed E-state index contributed by atoms with van der Waals surface area (Å²) in [6.07, 6.45) is -0.0546. The van der Waals surface area contributed by atoms with Crippen LogP contribution in [0.25, 0.3) is 4.85 Å². The number of anilines is 1. The fourth-order valence-electron chi connectivity index (χ4n) is 6.25. The Labute approximate surface area is 297 Å². The number of hydrogen-bond donors (Lipinski definition) is 1. The number of ether oxygens (including phenoxy) is 4. The van der Waals surface area contributed by atoms with Gasteiger partial charge < -0.3 is 34.5 Å². The summed E-state index contributed by atoms with van der Waals surface area (Å²) in [7, 11) is 1.55. The quantitative estimate of drug-likeness (QED) is 0.137. The van der Waals surface area contributed by atoms with E-state index in [9.17, 15) is 14.4 Å². The third kappa shape index (κ3) is 9.33. The van der Waals surface area contributed by atoms with Crippen LogP contribution >= 0.6 is 0 Å². The first-order chi connectivity index (χ1) is 24.4. The van der Waals surface area contributed by atoms with E-state index in [1.807, 2.05) is 12.1 Å². The van der Waals surface area contributed by atoms with Crippen molar-refractivity contribution in [2.24, 2.45) is 5.73 Å². The highest BCUT2D eigenvalue weighted by Gasteiger charge is 2.37. The number of fused-ring (bicyclic) bond motifs is 1. The molecule has 2 N–H and O–H groups in total. The minimum atomic E-state index is -1.01. The molecule has 2 aliphatic heterocycles. The topological polar surface area (TPSA) is 128 Å². The van der Waals surface area contributed by atoms with Gasteiger partial charge in [0.05, 0.1) is 18.8 Å². The number of nitrogens with zero attached hydrogens (tertiary/aromatic N) is 4. The van der Waals surface area contributed by atoms with Crippen LogP contribution in [-0.2, 0) is 38.8 Å². The Hall–Kier alpha value is -5.19. The summed E-state index contributed by atoms with van der Waals surface area (Å²) in [6.45, 7) is 16.2. The van der Waals surface area contributed by atoms with Crippen LogP contribution in [0.5, 0.6) is 11.5 Å². The van der Waals surface area contributed by atoms with Crippen molar-refractivity contribution in [2.75, 3.05) is 45.0 Å². The van der Waals surface area contributed by atoms with Crippen LogP contribution < -0.4 is 20.1 Å². The Kier molecular flexibility index (Phi) is 11.8. The number of rotatable bonds is 14. The molecule has 2 aliphatic rings. The van der Waals surface area contributed by atoms with Crippen molar-refractivity contribution >= 4 is 29.2 Å². The molecule has 3 aromatic rings. The Morgan fingerprint density at radius 2 is 1.78 bits per heavy atom. The second kappa shape index (κ2) is 16.2. The number of primary amides is 1. The summed E-state index contributed by atoms with van der Waals surface area (Å²) in [6, 6.07) is 14.5. The zero-order chi connectivity index (χ0) is 36.7. The van der Waals surface area contributed by atoms with Gasteiger partial charge in [-0.05, 0) is 63.1 Å². The first-order valence-electron chi connectivity index (χ1n) is 16.8. The number of piperazine rings is 1. The maximum atomic E-state index is 15.3. The van der Waals surface area contributed by atoms with Crippen molar-refractivity contribution in [3.8, 4) is 11.5 Å². The van der Waals surface area contributed by atoms with Crippen molar-refractivity contribution in [3.05, 3.63) is 94.1 Å². The summed E-state index contributed by atoms with van der Waals surface area (Å²) in [4.78, 5) is 47.3. The molecule has 1 atom stereocenters. The molecule has 270 valence electrons. The summed E-state index contributed by atoms with van der Waals surface area (Å²) < 4.78 is 37.5. The number of carbonyl (C=O) groups is 3. The molecule has 3 aromatic carbocycles. The minimum absolute atomic E-state index is 0.0240. The van der Waals surface area contributed by atoms with Gasteiger partial charge in [-0.3, -0.25) is 19.3 Å². The maximum absolute atomic E-state index is 15.3. The summed E-state index contributed by atoms with van der Waals surface area (Å²) in [5, 5.41) is 0. The van der Waals surface area contributed by atoms with Gasteiger partial charge in [-0.15, -0.1) is 0 Å². The lowest BCUT2D eigenvalue weighted by Gasteiger charge is -2.36. The van der Waals surface area contributed by atoms with Crippen LogP contribution in [0.4, 0.5) is 15.8 Å². The zero-order valence-electron chi connectivity index (χ0n) is 29.4. The summed E-state index contributed by atoms with van der Waals surface area (Å²) in [5.74, 6) is -0.987. The van der Waals surface area contributed by atoms with Gasteiger partial charge in [0.2, 0.25) is 5.91 Å². The van der Waals surface area contributed by atoms with Gasteiger partial charge in [0.25, 0.3) is 5.91 Å². The van der Waals surface area contributed by atoms with E-state index in [2.05, 4.69) is 14.6 Å². The number of methoxy groups -OCH3 is 1. The molecular weight excluding hydrogens is 657 g/mol. The molecular formula is C38H44FN5O7. The number of nitrogens with two attached hydrogens (primary N) is 1. The molecule has 2 heterocycles. The Morgan fingerprint density at radius 1 is 1.02 bits per heavy atom. The molecule has 0 aliphatic carbocycles. The molecule has 0 aromatic heterocycles. The number of benzene rings is 3. The van der Waals surface area contributed by atoms with E-state index in [-0.39, 0.29) is 32.8 Å². The number of esters is 1. The Balaban J connectivity index is 1.17. The van der Waals surface area contributed by atoms with Crippen LogP contribution in [0, 0.1) is 12.4 Å². The molecule has 0 spiro atoms.